The first-order chi connectivity index (χ1) is 9.65. The number of carbonyl (C=O) groups excluding carboxylic acids is 1. The van der Waals surface area contributed by atoms with Crippen molar-refractivity contribution in [3.63, 3.8) is 0 Å². The van der Waals surface area contributed by atoms with Crippen LogP contribution in [0.15, 0.2) is 24.3 Å². The van der Waals surface area contributed by atoms with E-state index < -0.39 is 6.10 Å². The molecule has 112 valence electrons. The third-order valence-electron chi connectivity index (χ3n) is 2.50. The maximum absolute atomic E-state index is 11.8. The maximum Gasteiger partial charge on any atom is 0.260 e. The largest absolute Gasteiger partial charge is 0.479 e. The Balaban J connectivity index is 2.24. The van der Waals surface area contributed by atoms with E-state index in [4.69, 9.17) is 21.4 Å². The van der Waals surface area contributed by atoms with E-state index in [0.717, 1.165) is 17.9 Å². The standard InChI is InChI=1S/C14H20ClNO3S/c1-11(19-13-6-3-2-5-12(13)15)14(18)16-7-10-20-9-4-8-17/h2-3,5-6,11,17H,4,7-10H2,1H3,(H,16,18). The molecule has 1 amide bonds. The average Bonchev–Trinajstić information content (AvgIpc) is 2.44. The fourth-order valence-electron chi connectivity index (χ4n) is 1.44. The van der Waals surface area contributed by atoms with Crippen molar-refractivity contribution in [1.29, 1.82) is 0 Å². The van der Waals surface area contributed by atoms with Crippen molar-refractivity contribution in [2.45, 2.75) is 19.4 Å². The van der Waals surface area contributed by atoms with Gasteiger partial charge in [-0.25, -0.2) is 0 Å². The topological polar surface area (TPSA) is 58.6 Å². The van der Waals surface area contributed by atoms with Crippen LogP contribution in [0.3, 0.4) is 0 Å². The van der Waals surface area contributed by atoms with Gasteiger partial charge < -0.3 is 15.2 Å². The van der Waals surface area contributed by atoms with Crippen LogP contribution in [-0.2, 0) is 4.79 Å². The number of nitrogens with one attached hydrogen (secondary N) is 1. The summed E-state index contributed by atoms with van der Waals surface area (Å²) < 4.78 is 5.52. The molecular formula is C14H20ClNO3S. The fraction of sp³-hybridized carbons (Fsp3) is 0.500. The highest BCUT2D eigenvalue weighted by Crippen LogP contribution is 2.24. The van der Waals surface area contributed by atoms with E-state index in [0.29, 0.717) is 17.3 Å². The van der Waals surface area contributed by atoms with Gasteiger partial charge >= 0.3 is 0 Å². The Labute approximate surface area is 128 Å². The monoisotopic (exact) mass is 317 g/mol. The van der Waals surface area contributed by atoms with Crippen LogP contribution in [0.25, 0.3) is 0 Å². The molecule has 1 rings (SSSR count). The molecule has 4 nitrogen and oxygen atoms in total. The summed E-state index contributed by atoms with van der Waals surface area (Å²) in [5.74, 6) is 2.07. The smallest absolute Gasteiger partial charge is 0.260 e. The van der Waals surface area contributed by atoms with Crippen LogP contribution in [0, 0.1) is 0 Å². The van der Waals surface area contributed by atoms with Gasteiger partial charge in [-0.3, -0.25) is 4.79 Å². The van der Waals surface area contributed by atoms with Gasteiger partial charge in [0.15, 0.2) is 6.10 Å². The van der Waals surface area contributed by atoms with E-state index in [1.165, 1.54) is 0 Å². The van der Waals surface area contributed by atoms with Crippen LogP contribution in [0.4, 0.5) is 0 Å². The van der Waals surface area contributed by atoms with E-state index in [1.807, 2.05) is 12.1 Å². The molecule has 0 aliphatic carbocycles. The molecule has 1 unspecified atom stereocenters. The van der Waals surface area contributed by atoms with Crippen molar-refractivity contribution in [2.24, 2.45) is 0 Å². The molecule has 0 spiro atoms. The highest BCUT2D eigenvalue weighted by atomic mass is 35.5. The lowest BCUT2D eigenvalue weighted by Gasteiger charge is -2.15. The molecule has 0 saturated heterocycles. The second kappa shape index (κ2) is 9.91. The number of benzene rings is 1. The van der Waals surface area contributed by atoms with Crippen molar-refractivity contribution >= 4 is 29.3 Å². The quantitative estimate of drug-likeness (QED) is 0.686. The highest BCUT2D eigenvalue weighted by Gasteiger charge is 2.15. The Bertz CT molecular complexity index is 417. The lowest BCUT2D eigenvalue weighted by molar-refractivity contribution is -0.127. The second-order valence-corrected chi connectivity index (χ2v) is 5.80. The zero-order valence-electron chi connectivity index (χ0n) is 11.5. The Morgan fingerprint density at radius 2 is 2.20 bits per heavy atom. The molecule has 2 N–H and O–H groups in total. The molecule has 0 saturated carbocycles. The third-order valence-corrected chi connectivity index (χ3v) is 3.88. The van der Waals surface area contributed by atoms with Crippen LogP contribution in [0.5, 0.6) is 5.75 Å². The van der Waals surface area contributed by atoms with Crippen LogP contribution in [0.2, 0.25) is 5.02 Å². The van der Waals surface area contributed by atoms with E-state index in [1.54, 1.807) is 30.8 Å². The molecule has 20 heavy (non-hydrogen) atoms. The fourth-order valence-corrected chi connectivity index (χ4v) is 2.41. The molecule has 0 aliphatic heterocycles. The molecule has 0 fully saturated rings. The van der Waals surface area contributed by atoms with Crippen molar-refractivity contribution in [2.75, 3.05) is 24.7 Å². The number of carbonyl (C=O) groups is 1. The maximum atomic E-state index is 11.8. The molecule has 1 atom stereocenters. The molecule has 0 heterocycles. The number of hydrogen-bond acceptors (Lipinski definition) is 4. The van der Waals surface area contributed by atoms with Crippen molar-refractivity contribution < 1.29 is 14.6 Å². The number of aliphatic hydroxyl groups excluding tert-OH is 1. The van der Waals surface area contributed by atoms with Gasteiger partial charge in [0, 0.05) is 18.9 Å². The first kappa shape index (κ1) is 17.1. The number of para-hydroxylation sites is 1. The second-order valence-electron chi connectivity index (χ2n) is 4.17. The van der Waals surface area contributed by atoms with Crippen molar-refractivity contribution in [1.82, 2.24) is 5.32 Å². The van der Waals surface area contributed by atoms with Gasteiger partial charge in [0.2, 0.25) is 0 Å². The number of rotatable bonds is 9. The van der Waals surface area contributed by atoms with E-state index in [-0.39, 0.29) is 12.5 Å². The molecule has 6 heteroatoms. The minimum atomic E-state index is -0.586. The zero-order chi connectivity index (χ0) is 14.8. The summed E-state index contributed by atoms with van der Waals surface area (Å²) in [6.07, 6.45) is 0.197. The molecule has 0 radical (unpaired) electrons. The predicted octanol–water partition coefficient (Wildman–Crippen LogP) is 2.34. The number of aliphatic hydroxyl groups is 1. The Kier molecular flexibility index (Phi) is 8.49. The molecule has 1 aromatic rings. The van der Waals surface area contributed by atoms with Gasteiger partial charge in [-0.1, -0.05) is 23.7 Å². The van der Waals surface area contributed by atoms with E-state index in [2.05, 4.69) is 5.32 Å². The van der Waals surface area contributed by atoms with Crippen LogP contribution in [0.1, 0.15) is 13.3 Å². The summed E-state index contributed by atoms with van der Waals surface area (Å²) in [5, 5.41) is 11.9. The van der Waals surface area contributed by atoms with Gasteiger partial charge in [0.05, 0.1) is 5.02 Å². The molecular weight excluding hydrogens is 298 g/mol. The summed E-state index contributed by atoms with van der Waals surface area (Å²) in [5.41, 5.74) is 0. The summed E-state index contributed by atoms with van der Waals surface area (Å²) in [7, 11) is 0. The molecule has 0 aromatic heterocycles. The van der Waals surface area contributed by atoms with Gasteiger partial charge in [-0.05, 0) is 31.2 Å². The SMILES string of the molecule is CC(Oc1ccccc1Cl)C(=O)NCCSCCCO. The van der Waals surface area contributed by atoms with Gasteiger partial charge in [-0.2, -0.15) is 11.8 Å². The number of hydrogen-bond donors (Lipinski definition) is 2. The first-order valence-electron chi connectivity index (χ1n) is 6.52. The Morgan fingerprint density at radius 1 is 1.45 bits per heavy atom. The lowest BCUT2D eigenvalue weighted by atomic mass is 10.3. The van der Waals surface area contributed by atoms with Crippen LogP contribution in [-0.4, -0.2) is 41.8 Å². The van der Waals surface area contributed by atoms with E-state index in [9.17, 15) is 4.79 Å². The summed E-state index contributed by atoms with van der Waals surface area (Å²) in [6, 6.07) is 7.07. The highest BCUT2D eigenvalue weighted by molar-refractivity contribution is 7.99. The Morgan fingerprint density at radius 3 is 2.90 bits per heavy atom. The van der Waals surface area contributed by atoms with E-state index >= 15 is 0 Å². The van der Waals surface area contributed by atoms with Crippen LogP contribution < -0.4 is 10.1 Å². The third kappa shape index (κ3) is 6.50. The zero-order valence-corrected chi connectivity index (χ0v) is 13.0. The number of thioether (sulfide) groups is 1. The van der Waals surface area contributed by atoms with Crippen molar-refractivity contribution in [3.05, 3.63) is 29.3 Å². The van der Waals surface area contributed by atoms with Gasteiger partial charge in [0.1, 0.15) is 5.75 Å². The molecule has 1 aromatic carbocycles. The number of halogens is 1. The van der Waals surface area contributed by atoms with Crippen molar-refractivity contribution in [3.8, 4) is 5.75 Å². The lowest BCUT2D eigenvalue weighted by Crippen LogP contribution is -2.37. The van der Waals surface area contributed by atoms with Gasteiger partial charge in [-0.15, -0.1) is 0 Å². The normalized spacial score (nSPS) is 11.9. The average molecular weight is 318 g/mol. The molecule has 0 aliphatic rings. The minimum absolute atomic E-state index is 0.160. The van der Waals surface area contributed by atoms with Crippen LogP contribution >= 0.6 is 23.4 Å². The number of amides is 1. The van der Waals surface area contributed by atoms with Gasteiger partial charge in [0.25, 0.3) is 5.91 Å². The predicted molar refractivity (Wildman–Crippen MR) is 83.6 cm³/mol. The Hall–Kier alpha value is -0.910. The summed E-state index contributed by atoms with van der Waals surface area (Å²) >= 11 is 7.67. The minimum Gasteiger partial charge on any atom is -0.479 e. The summed E-state index contributed by atoms with van der Waals surface area (Å²) in [4.78, 5) is 11.8. The summed E-state index contributed by atoms with van der Waals surface area (Å²) in [6.45, 7) is 2.49. The number of ether oxygens (including phenoxy) is 1. The first-order valence-corrected chi connectivity index (χ1v) is 8.06. The molecule has 0 bridgehead atoms.